The van der Waals surface area contributed by atoms with Gasteiger partial charge in [-0.15, -0.1) is 0 Å². The minimum absolute atomic E-state index is 0.0413. The zero-order valence-corrected chi connectivity index (χ0v) is 27.4. The van der Waals surface area contributed by atoms with Crippen molar-refractivity contribution in [3.05, 3.63) is 36.5 Å². The first kappa shape index (κ1) is 34.6. The standard InChI is InChI=1S/C32H40F5N9O3/c1-4-27(47)39-23-13-24(26(49-3)14-25(23)44-7-5-21(6-8-44)43-11-9-42(2)10-12-43)40-29-38-17-20-18-45(19-32(35,36)37)30(48)46(28(20)41-29)22-15-31(33,34)16-22/h4,13-14,17,21-22H,1,5-12,15-16,18-19H2,2-3H3,(H,39,47)(H,38,40,41). The van der Waals surface area contributed by atoms with Gasteiger partial charge in [0.05, 0.1) is 36.8 Å². The highest BCUT2D eigenvalue weighted by atomic mass is 19.4. The molecule has 0 spiro atoms. The van der Waals surface area contributed by atoms with Crippen LogP contribution in [0, 0.1) is 0 Å². The second-order valence-corrected chi connectivity index (χ2v) is 13.0. The second kappa shape index (κ2) is 13.6. The third kappa shape index (κ3) is 7.66. The number of carbonyl (C=O) groups excluding carboxylic acids is 2. The molecule has 3 aliphatic heterocycles. The molecule has 1 aliphatic carbocycles. The predicted molar refractivity (Wildman–Crippen MR) is 174 cm³/mol. The zero-order chi connectivity index (χ0) is 35.1. The molecular formula is C32H40F5N9O3. The maximum Gasteiger partial charge on any atom is 0.406 e. The molecular weight excluding hydrogens is 653 g/mol. The van der Waals surface area contributed by atoms with Crippen molar-refractivity contribution in [3.63, 3.8) is 0 Å². The molecule has 2 saturated heterocycles. The number of amides is 3. The number of carbonyl (C=O) groups is 2. The molecule has 3 amide bonds. The van der Waals surface area contributed by atoms with Gasteiger partial charge in [-0.3, -0.25) is 14.6 Å². The number of likely N-dealkylation sites (N-methyl/N-ethyl adjacent to an activating group) is 1. The summed E-state index contributed by atoms with van der Waals surface area (Å²) in [5.74, 6) is -3.17. The molecule has 4 heterocycles. The van der Waals surface area contributed by atoms with Crippen molar-refractivity contribution in [2.24, 2.45) is 0 Å². The summed E-state index contributed by atoms with van der Waals surface area (Å²) in [6.07, 6.45) is -1.75. The summed E-state index contributed by atoms with van der Waals surface area (Å²) in [6, 6.07) is 1.83. The average Bonchev–Trinajstić information content (AvgIpc) is 3.04. The van der Waals surface area contributed by atoms with E-state index in [1.165, 1.54) is 13.3 Å². The highest BCUT2D eigenvalue weighted by Gasteiger charge is 2.52. The fourth-order valence-corrected chi connectivity index (χ4v) is 6.94. The lowest BCUT2D eigenvalue weighted by atomic mass is 9.86. The van der Waals surface area contributed by atoms with E-state index in [4.69, 9.17) is 4.74 Å². The summed E-state index contributed by atoms with van der Waals surface area (Å²) in [6.45, 7) is 7.25. The van der Waals surface area contributed by atoms with Crippen LogP contribution in [0.1, 0.15) is 31.2 Å². The molecule has 2 N–H and O–H groups in total. The van der Waals surface area contributed by atoms with Crippen LogP contribution in [-0.4, -0.2) is 121 Å². The Bertz CT molecular complexity index is 1570. The van der Waals surface area contributed by atoms with Crippen LogP contribution in [0.5, 0.6) is 5.75 Å². The van der Waals surface area contributed by atoms with Crippen LogP contribution in [0.4, 0.5) is 55.6 Å². The van der Waals surface area contributed by atoms with Gasteiger partial charge in [-0.1, -0.05) is 6.58 Å². The number of nitrogens with zero attached hydrogens (tertiary/aromatic N) is 7. The van der Waals surface area contributed by atoms with Gasteiger partial charge in [-0.2, -0.15) is 18.2 Å². The van der Waals surface area contributed by atoms with E-state index in [1.54, 1.807) is 12.1 Å². The SMILES string of the molecule is C=CC(=O)Nc1cc(Nc2ncc3c(n2)N(C2CC(F)(F)C2)C(=O)N(CC(F)(F)F)C3)c(OC)cc1N1CCC(N2CCN(C)CC2)CC1. The number of urea groups is 1. The number of nitrogens with one attached hydrogen (secondary N) is 2. The number of halogens is 5. The lowest BCUT2D eigenvalue weighted by molar-refractivity contribution is -0.141. The summed E-state index contributed by atoms with van der Waals surface area (Å²) in [5.41, 5.74) is 1.75. The van der Waals surface area contributed by atoms with Crippen LogP contribution in [0.25, 0.3) is 0 Å². The molecule has 0 unspecified atom stereocenters. The number of ether oxygens (including phenoxy) is 1. The maximum atomic E-state index is 13.9. The largest absolute Gasteiger partial charge is 0.494 e. The van der Waals surface area contributed by atoms with Gasteiger partial charge in [0.15, 0.2) is 0 Å². The van der Waals surface area contributed by atoms with E-state index >= 15 is 0 Å². The molecule has 49 heavy (non-hydrogen) atoms. The van der Waals surface area contributed by atoms with Crippen LogP contribution in [0.2, 0.25) is 0 Å². The molecule has 2 aromatic rings. The Kier molecular flexibility index (Phi) is 9.59. The van der Waals surface area contributed by atoms with E-state index < -0.39 is 56.0 Å². The van der Waals surface area contributed by atoms with Crippen LogP contribution in [0.3, 0.4) is 0 Å². The summed E-state index contributed by atoms with van der Waals surface area (Å²) < 4.78 is 73.3. The molecule has 12 nitrogen and oxygen atoms in total. The van der Waals surface area contributed by atoms with Crippen molar-refractivity contribution in [3.8, 4) is 5.75 Å². The van der Waals surface area contributed by atoms with Crippen LogP contribution in [-0.2, 0) is 11.3 Å². The third-order valence-electron chi connectivity index (χ3n) is 9.58. The maximum absolute atomic E-state index is 13.9. The first-order valence-electron chi connectivity index (χ1n) is 16.2. The minimum Gasteiger partial charge on any atom is -0.494 e. The Morgan fingerprint density at radius 3 is 2.39 bits per heavy atom. The molecule has 4 aliphatic rings. The summed E-state index contributed by atoms with van der Waals surface area (Å²) in [4.78, 5) is 43.0. The molecule has 17 heteroatoms. The molecule has 0 bridgehead atoms. The second-order valence-electron chi connectivity index (χ2n) is 13.0. The molecule has 1 aromatic carbocycles. The number of rotatable bonds is 9. The monoisotopic (exact) mass is 693 g/mol. The van der Waals surface area contributed by atoms with Crippen molar-refractivity contribution < 1.29 is 36.3 Å². The Morgan fingerprint density at radius 2 is 1.78 bits per heavy atom. The lowest BCUT2D eigenvalue weighted by Gasteiger charge is -2.46. The highest BCUT2D eigenvalue weighted by Crippen LogP contribution is 2.45. The van der Waals surface area contributed by atoms with Gasteiger partial charge in [0, 0.05) is 76.0 Å². The molecule has 6 rings (SSSR count). The smallest absolute Gasteiger partial charge is 0.406 e. The van der Waals surface area contributed by atoms with E-state index in [0.717, 1.165) is 68.8 Å². The number of anilines is 5. The van der Waals surface area contributed by atoms with E-state index in [0.29, 0.717) is 28.1 Å². The number of alkyl halides is 5. The van der Waals surface area contributed by atoms with E-state index in [-0.39, 0.29) is 17.3 Å². The predicted octanol–water partition coefficient (Wildman–Crippen LogP) is 4.67. The third-order valence-corrected chi connectivity index (χ3v) is 9.58. The minimum atomic E-state index is -4.69. The Balaban J connectivity index is 1.26. The number of piperidine rings is 1. The molecule has 266 valence electrons. The van der Waals surface area contributed by atoms with Gasteiger partial charge < -0.3 is 30.1 Å². The van der Waals surface area contributed by atoms with Crippen LogP contribution in [0.15, 0.2) is 31.0 Å². The van der Waals surface area contributed by atoms with Crippen LogP contribution >= 0.6 is 0 Å². The van der Waals surface area contributed by atoms with Gasteiger partial charge in [0.2, 0.25) is 11.9 Å². The normalized spacial score (nSPS) is 20.9. The molecule has 3 fully saturated rings. The van der Waals surface area contributed by atoms with Gasteiger partial charge >= 0.3 is 12.2 Å². The quantitative estimate of drug-likeness (QED) is 0.286. The van der Waals surface area contributed by atoms with Crippen molar-refractivity contribution in [2.75, 3.05) is 80.4 Å². The first-order chi connectivity index (χ1) is 23.2. The number of fused-ring (bicyclic) bond motifs is 1. The fourth-order valence-electron chi connectivity index (χ4n) is 6.94. The van der Waals surface area contributed by atoms with E-state index in [2.05, 4.69) is 48.9 Å². The molecule has 1 aromatic heterocycles. The van der Waals surface area contributed by atoms with Gasteiger partial charge in [-0.25, -0.2) is 18.6 Å². The number of hydrogen-bond donors (Lipinski definition) is 2. The van der Waals surface area contributed by atoms with Gasteiger partial charge in [-0.05, 0) is 32.0 Å². The Morgan fingerprint density at radius 1 is 1.08 bits per heavy atom. The molecule has 1 saturated carbocycles. The summed E-state index contributed by atoms with van der Waals surface area (Å²) in [5, 5.41) is 5.90. The Hall–Kier alpha value is -4.25. The summed E-state index contributed by atoms with van der Waals surface area (Å²) in [7, 11) is 3.61. The number of aromatic nitrogens is 2. The van der Waals surface area contributed by atoms with Crippen molar-refractivity contribution in [1.82, 2.24) is 24.7 Å². The number of methoxy groups -OCH3 is 1. The number of hydrogen-bond acceptors (Lipinski definition) is 9. The average molecular weight is 694 g/mol. The molecule has 0 radical (unpaired) electrons. The van der Waals surface area contributed by atoms with Crippen molar-refractivity contribution in [2.45, 2.75) is 56.4 Å². The van der Waals surface area contributed by atoms with Gasteiger partial charge in [0.25, 0.3) is 5.92 Å². The van der Waals surface area contributed by atoms with E-state index in [1.807, 2.05) is 0 Å². The topological polar surface area (TPSA) is 109 Å². The fraction of sp³-hybridized carbons (Fsp3) is 0.562. The Labute approximate surface area is 280 Å². The summed E-state index contributed by atoms with van der Waals surface area (Å²) >= 11 is 0. The zero-order valence-electron chi connectivity index (χ0n) is 27.4. The van der Waals surface area contributed by atoms with Crippen molar-refractivity contribution >= 4 is 40.8 Å². The van der Waals surface area contributed by atoms with Crippen LogP contribution < -0.4 is 25.2 Å². The lowest BCUT2D eigenvalue weighted by Crippen LogP contribution is -2.59. The van der Waals surface area contributed by atoms with E-state index in [9.17, 15) is 31.5 Å². The van der Waals surface area contributed by atoms with Crippen molar-refractivity contribution in [1.29, 1.82) is 0 Å². The number of benzene rings is 1. The first-order valence-corrected chi connectivity index (χ1v) is 16.2. The van der Waals surface area contributed by atoms with Gasteiger partial charge in [0.1, 0.15) is 18.1 Å². The highest BCUT2D eigenvalue weighted by molar-refractivity contribution is 6.02. The number of piperazine rings is 1. The molecule has 0 atom stereocenters.